The van der Waals surface area contributed by atoms with E-state index in [-0.39, 0.29) is 5.91 Å². The topological polar surface area (TPSA) is 47.6 Å². The number of nitrogens with one attached hydrogen (secondary N) is 1. The molecule has 2 rings (SSSR count). The maximum atomic E-state index is 12.0. The van der Waals surface area contributed by atoms with E-state index in [9.17, 15) is 4.79 Å². The summed E-state index contributed by atoms with van der Waals surface area (Å²) < 4.78 is 10.4. The third-order valence-corrected chi connectivity index (χ3v) is 4.11. The Morgan fingerprint density at radius 1 is 1.12 bits per heavy atom. The molecular formula is C18H17Cl2NO3. The number of methoxy groups -OCH3 is 2. The van der Waals surface area contributed by atoms with Crippen LogP contribution in [0.3, 0.4) is 0 Å². The SMILES string of the molecule is COc1cc(CNC(=O)/C=C/c2cccc(Cl)c2Cl)cc(OC)c1. The number of halogens is 2. The van der Waals surface area contributed by atoms with Crippen molar-refractivity contribution in [3.8, 4) is 11.5 Å². The van der Waals surface area contributed by atoms with E-state index in [0.29, 0.717) is 33.7 Å². The molecule has 0 aliphatic heterocycles. The lowest BCUT2D eigenvalue weighted by molar-refractivity contribution is -0.116. The van der Waals surface area contributed by atoms with Crippen molar-refractivity contribution in [1.29, 1.82) is 0 Å². The highest BCUT2D eigenvalue weighted by Crippen LogP contribution is 2.26. The van der Waals surface area contributed by atoms with Crippen LogP contribution in [0.4, 0.5) is 0 Å². The maximum absolute atomic E-state index is 12.0. The molecule has 0 fully saturated rings. The fourth-order valence-corrected chi connectivity index (χ4v) is 2.40. The van der Waals surface area contributed by atoms with Gasteiger partial charge >= 0.3 is 0 Å². The summed E-state index contributed by atoms with van der Waals surface area (Å²) in [7, 11) is 3.16. The number of ether oxygens (including phenoxy) is 2. The first-order chi connectivity index (χ1) is 11.5. The maximum Gasteiger partial charge on any atom is 0.244 e. The minimum Gasteiger partial charge on any atom is -0.497 e. The monoisotopic (exact) mass is 365 g/mol. The van der Waals surface area contributed by atoms with E-state index in [0.717, 1.165) is 5.56 Å². The molecule has 0 radical (unpaired) electrons. The first-order valence-electron chi connectivity index (χ1n) is 7.15. The van der Waals surface area contributed by atoms with E-state index < -0.39 is 0 Å². The minimum atomic E-state index is -0.243. The summed E-state index contributed by atoms with van der Waals surface area (Å²) in [6.07, 6.45) is 3.03. The molecular weight excluding hydrogens is 349 g/mol. The van der Waals surface area contributed by atoms with Gasteiger partial charge in [-0.05, 0) is 35.4 Å². The zero-order valence-corrected chi connectivity index (χ0v) is 14.8. The summed E-state index contributed by atoms with van der Waals surface area (Å²) in [6, 6.07) is 10.7. The summed E-state index contributed by atoms with van der Waals surface area (Å²) in [4.78, 5) is 12.0. The Morgan fingerprint density at radius 3 is 2.42 bits per heavy atom. The van der Waals surface area contributed by atoms with Crippen LogP contribution in [0.2, 0.25) is 10.0 Å². The van der Waals surface area contributed by atoms with Gasteiger partial charge in [0.15, 0.2) is 0 Å². The van der Waals surface area contributed by atoms with Crippen molar-refractivity contribution in [3.63, 3.8) is 0 Å². The minimum absolute atomic E-state index is 0.243. The fraction of sp³-hybridized carbons (Fsp3) is 0.167. The zero-order valence-electron chi connectivity index (χ0n) is 13.3. The van der Waals surface area contributed by atoms with Crippen molar-refractivity contribution in [1.82, 2.24) is 5.32 Å². The summed E-state index contributed by atoms with van der Waals surface area (Å²) >= 11 is 12.0. The first kappa shape index (κ1) is 18.2. The number of hydrogen-bond acceptors (Lipinski definition) is 3. The first-order valence-corrected chi connectivity index (χ1v) is 7.91. The van der Waals surface area contributed by atoms with Crippen molar-refractivity contribution < 1.29 is 14.3 Å². The molecule has 24 heavy (non-hydrogen) atoms. The van der Waals surface area contributed by atoms with Gasteiger partial charge in [0.2, 0.25) is 5.91 Å². The van der Waals surface area contributed by atoms with Crippen molar-refractivity contribution in [3.05, 3.63) is 63.6 Å². The standard InChI is InChI=1S/C18H17Cl2NO3/c1-23-14-8-12(9-15(10-14)24-2)11-21-17(22)7-6-13-4-3-5-16(19)18(13)20/h3-10H,11H2,1-2H3,(H,21,22)/b7-6+. The third kappa shape index (κ3) is 4.91. The van der Waals surface area contributed by atoms with Gasteiger partial charge in [-0.25, -0.2) is 0 Å². The lowest BCUT2D eigenvalue weighted by Gasteiger charge is -2.08. The van der Waals surface area contributed by atoms with Crippen LogP contribution in [0.25, 0.3) is 6.08 Å². The van der Waals surface area contributed by atoms with Gasteiger partial charge in [0.1, 0.15) is 11.5 Å². The highest BCUT2D eigenvalue weighted by molar-refractivity contribution is 6.42. The van der Waals surface area contributed by atoms with E-state index >= 15 is 0 Å². The van der Waals surface area contributed by atoms with Crippen LogP contribution in [-0.2, 0) is 11.3 Å². The number of benzene rings is 2. The Bertz CT molecular complexity index is 738. The predicted octanol–water partition coefficient (Wildman–Crippen LogP) is 4.34. The molecule has 1 amide bonds. The fourth-order valence-electron chi connectivity index (χ4n) is 2.03. The van der Waals surface area contributed by atoms with Gasteiger partial charge in [-0.15, -0.1) is 0 Å². The average molecular weight is 366 g/mol. The van der Waals surface area contributed by atoms with Crippen LogP contribution >= 0.6 is 23.2 Å². The molecule has 0 saturated carbocycles. The normalized spacial score (nSPS) is 10.7. The molecule has 0 saturated heterocycles. The van der Waals surface area contributed by atoms with Crippen molar-refractivity contribution in [2.45, 2.75) is 6.54 Å². The number of rotatable bonds is 6. The second-order valence-electron chi connectivity index (χ2n) is 4.92. The van der Waals surface area contributed by atoms with Gasteiger partial charge in [0.05, 0.1) is 24.3 Å². The molecule has 0 aromatic heterocycles. The third-order valence-electron chi connectivity index (χ3n) is 3.27. The Morgan fingerprint density at radius 2 is 1.79 bits per heavy atom. The van der Waals surface area contributed by atoms with Gasteiger partial charge in [-0.2, -0.15) is 0 Å². The molecule has 0 aliphatic rings. The van der Waals surface area contributed by atoms with Crippen LogP contribution in [0.5, 0.6) is 11.5 Å². The number of hydrogen-bond donors (Lipinski definition) is 1. The summed E-state index contributed by atoms with van der Waals surface area (Å²) in [5, 5.41) is 3.66. The molecule has 2 aromatic carbocycles. The zero-order chi connectivity index (χ0) is 17.5. The molecule has 2 aromatic rings. The Hall–Kier alpha value is -2.17. The Kier molecular flexibility index (Phi) is 6.53. The van der Waals surface area contributed by atoms with Crippen molar-refractivity contribution in [2.24, 2.45) is 0 Å². The van der Waals surface area contributed by atoms with E-state index in [1.807, 2.05) is 12.1 Å². The summed E-state index contributed by atoms with van der Waals surface area (Å²) in [5.74, 6) is 1.09. The molecule has 4 nitrogen and oxygen atoms in total. The highest BCUT2D eigenvalue weighted by atomic mass is 35.5. The quantitative estimate of drug-likeness (QED) is 0.774. The molecule has 0 atom stereocenters. The molecule has 0 heterocycles. The Labute approximate surface area is 151 Å². The van der Waals surface area contributed by atoms with E-state index in [2.05, 4.69) is 5.32 Å². The Balaban J connectivity index is 2.00. The molecule has 0 spiro atoms. The van der Waals surface area contributed by atoms with E-state index in [4.69, 9.17) is 32.7 Å². The average Bonchev–Trinajstić information content (AvgIpc) is 2.60. The van der Waals surface area contributed by atoms with Gasteiger partial charge in [-0.1, -0.05) is 35.3 Å². The molecule has 0 aliphatic carbocycles. The van der Waals surface area contributed by atoms with E-state index in [1.54, 1.807) is 44.6 Å². The van der Waals surface area contributed by atoms with Gasteiger partial charge in [0.25, 0.3) is 0 Å². The van der Waals surface area contributed by atoms with Gasteiger partial charge in [0, 0.05) is 18.7 Å². The second kappa shape index (κ2) is 8.62. The number of carbonyl (C=O) groups excluding carboxylic acids is 1. The predicted molar refractivity (Wildman–Crippen MR) is 96.9 cm³/mol. The molecule has 0 bridgehead atoms. The molecule has 0 unspecified atom stereocenters. The van der Waals surface area contributed by atoms with Crippen LogP contribution in [0.1, 0.15) is 11.1 Å². The lowest BCUT2D eigenvalue weighted by Crippen LogP contribution is -2.20. The molecule has 126 valence electrons. The number of carbonyl (C=O) groups is 1. The lowest BCUT2D eigenvalue weighted by atomic mass is 10.2. The van der Waals surface area contributed by atoms with Crippen molar-refractivity contribution >= 4 is 35.2 Å². The van der Waals surface area contributed by atoms with Crippen LogP contribution in [0, 0.1) is 0 Å². The van der Waals surface area contributed by atoms with Gasteiger partial charge < -0.3 is 14.8 Å². The molecule has 6 heteroatoms. The summed E-state index contributed by atoms with van der Waals surface area (Å²) in [6.45, 7) is 0.347. The molecule has 1 N–H and O–H groups in total. The summed E-state index contributed by atoms with van der Waals surface area (Å²) in [5.41, 5.74) is 1.55. The number of amides is 1. The largest absolute Gasteiger partial charge is 0.497 e. The highest BCUT2D eigenvalue weighted by Gasteiger charge is 2.04. The van der Waals surface area contributed by atoms with Crippen LogP contribution in [0.15, 0.2) is 42.5 Å². The van der Waals surface area contributed by atoms with E-state index in [1.165, 1.54) is 6.08 Å². The van der Waals surface area contributed by atoms with Crippen LogP contribution in [-0.4, -0.2) is 20.1 Å². The van der Waals surface area contributed by atoms with Crippen molar-refractivity contribution in [2.75, 3.05) is 14.2 Å². The second-order valence-corrected chi connectivity index (χ2v) is 5.70. The van der Waals surface area contributed by atoms with Gasteiger partial charge in [-0.3, -0.25) is 4.79 Å². The smallest absolute Gasteiger partial charge is 0.244 e. The van der Waals surface area contributed by atoms with Crippen LogP contribution < -0.4 is 14.8 Å².